The molecule has 0 aliphatic heterocycles. The third-order valence-corrected chi connectivity index (χ3v) is 3.28. The second-order valence-electron chi connectivity index (χ2n) is 4.49. The van der Waals surface area contributed by atoms with Crippen molar-refractivity contribution in [3.63, 3.8) is 0 Å². The first-order valence-corrected chi connectivity index (χ1v) is 6.03. The lowest BCUT2D eigenvalue weighted by Crippen LogP contribution is -2.36. The predicted octanol–water partition coefficient (Wildman–Crippen LogP) is 2.81. The van der Waals surface area contributed by atoms with E-state index in [1.54, 1.807) is 0 Å². The zero-order chi connectivity index (χ0) is 11.5. The van der Waals surface area contributed by atoms with Gasteiger partial charge in [-0.3, -0.25) is 0 Å². The van der Waals surface area contributed by atoms with Crippen LogP contribution in [0.1, 0.15) is 24.5 Å². The first-order chi connectivity index (χ1) is 7.69. The van der Waals surface area contributed by atoms with Crippen molar-refractivity contribution in [2.45, 2.75) is 38.3 Å². The third-order valence-electron chi connectivity index (χ3n) is 3.05. The van der Waals surface area contributed by atoms with Crippen molar-refractivity contribution in [1.82, 2.24) is 5.32 Å². The van der Waals surface area contributed by atoms with Crippen LogP contribution in [0.25, 0.3) is 0 Å². The van der Waals surface area contributed by atoms with Crippen molar-refractivity contribution >= 4 is 11.6 Å². The van der Waals surface area contributed by atoms with Crippen LogP contribution in [0.2, 0.25) is 5.02 Å². The third kappa shape index (κ3) is 2.58. The Labute approximate surface area is 102 Å². The molecule has 0 fully saturated rings. The number of hydrogen-bond acceptors (Lipinski definition) is 1. The number of rotatable bonds is 3. The predicted molar refractivity (Wildman–Crippen MR) is 68.7 cm³/mol. The van der Waals surface area contributed by atoms with Crippen LogP contribution in [-0.2, 0) is 12.8 Å². The van der Waals surface area contributed by atoms with E-state index in [1.807, 2.05) is 6.07 Å². The van der Waals surface area contributed by atoms with Crippen molar-refractivity contribution in [2.24, 2.45) is 0 Å². The molecule has 1 aliphatic carbocycles. The van der Waals surface area contributed by atoms with Crippen molar-refractivity contribution in [2.75, 3.05) is 0 Å². The van der Waals surface area contributed by atoms with Crippen molar-refractivity contribution in [3.05, 3.63) is 34.3 Å². The molecule has 0 heterocycles. The molecule has 16 heavy (non-hydrogen) atoms. The summed E-state index contributed by atoms with van der Waals surface area (Å²) in [6.45, 7) is 2.13. The van der Waals surface area contributed by atoms with Crippen LogP contribution in [0.3, 0.4) is 0 Å². The van der Waals surface area contributed by atoms with E-state index in [4.69, 9.17) is 18.0 Å². The fourth-order valence-corrected chi connectivity index (χ4v) is 2.54. The molecule has 0 amide bonds. The smallest absolute Gasteiger partial charge is 0.0408 e. The summed E-state index contributed by atoms with van der Waals surface area (Å²) < 4.78 is 0. The maximum absolute atomic E-state index is 5.98. The summed E-state index contributed by atoms with van der Waals surface area (Å²) in [4.78, 5) is 0. The Balaban J connectivity index is 1.98. The molecule has 2 rings (SSSR count). The molecule has 2 unspecified atom stereocenters. The molecule has 0 bridgehead atoms. The largest absolute Gasteiger partial charge is 0.310 e. The van der Waals surface area contributed by atoms with Gasteiger partial charge in [0.05, 0.1) is 0 Å². The van der Waals surface area contributed by atoms with Gasteiger partial charge in [0, 0.05) is 23.5 Å². The van der Waals surface area contributed by atoms with Crippen LogP contribution in [-0.4, -0.2) is 12.1 Å². The van der Waals surface area contributed by atoms with Gasteiger partial charge in [-0.15, -0.1) is 12.3 Å². The molecule has 2 heteroatoms. The van der Waals surface area contributed by atoms with E-state index in [-0.39, 0.29) is 0 Å². The van der Waals surface area contributed by atoms with Gasteiger partial charge in [0.2, 0.25) is 0 Å². The average molecular weight is 234 g/mol. The minimum atomic E-state index is 0.389. The molecular weight excluding hydrogens is 218 g/mol. The van der Waals surface area contributed by atoms with Crippen LogP contribution in [0.15, 0.2) is 18.2 Å². The second-order valence-corrected chi connectivity index (χ2v) is 4.93. The van der Waals surface area contributed by atoms with Crippen molar-refractivity contribution in [1.29, 1.82) is 0 Å². The molecule has 1 aromatic rings. The van der Waals surface area contributed by atoms with Gasteiger partial charge in [-0.2, -0.15) is 0 Å². The fourth-order valence-electron chi connectivity index (χ4n) is 2.34. The van der Waals surface area contributed by atoms with Gasteiger partial charge in [0.25, 0.3) is 0 Å². The highest BCUT2D eigenvalue weighted by atomic mass is 35.5. The number of fused-ring (bicyclic) bond motifs is 1. The van der Waals surface area contributed by atoms with E-state index in [0.717, 1.165) is 24.3 Å². The average Bonchev–Trinajstić information content (AvgIpc) is 2.59. The highest BCUT2D eigenvalue weighted by Crippen LogP contribution is 2.25. The molecule has 0 aromatic heterocycles. The monoisotopic (exact) mass is 233 g/mol. The first-order valence-electron chi connectivity index (χ1n) is 5.66. The van der Waals surface area contributed by atoms with Crippen LogP contribution in [0.4, 0.5) is 0 Å². The zero-order valence-corrected chi connectivity index (χ0v) is 10.2. The number of benzene rings is 1. The lowest BCUT2D eigenvalue weighted by molar-refractivity contribution is 0.461. The van der Waals surface area contributed by atoms with E-state index < -0.39 is 0 Å². The molecule has 0 spiro atoms. The summed E-state index contributed by atoms with van der Waals surface area (Å²) in [6, 6.07) is 7.07. The maximum atomic E-state index is 5.98. The summed E-state index contributed by atoms with van der Waals surface area (Å²) in [5.41, 5.74) is 2.78. The molecule has 0 radical (unpaired) electrons. The topological polar surface area (TPSA) is 12.0 Å². The summed E-state index contributed by atoms with van der Waals surface area (Å²) in [7, 11) is 0. The molecule has 0 saturated heterocycles. The maximum Gasteiger partial charge on any atom is 0.0408 e. The Kier molecular flexibility index (Phi) is 3.53. The molecule has 0 saturated carbocycles. The van der Waals surface area contributed by atoms with Gasteiger partial charge in [0.1, 0.15) is 0 Å². The fraction of sp³-hybridized carbons (Fsp3) is 0.429. The van der Waals surface area contributed by atoms with Crippen LogP contribution < -0.4 is 5.32 Å². The van der Waals surface area contributed by atoms with Gasteiger partial charge in [-0.05, 0) is 43.0 Å². The number of halogens is 1. The van der Waals surface area contributed by atoms with E-state index >= 15 is 0 Å². The van der Waals surface area contributed by atoms with Gasteiger partial charge < -0.3 is 5.32 Å². The van der Waals surface area contributed by atoms with Gasteiger partial charge in [-0.25, -0.2) is 0 Å². The lowest BCUT2D eigenvalue weighted by atomic mass is 10.1. The highest BCUT2D eigenvalue weighted by molar-refractivity contribution is 6.30. The number of nitrogens with one attached hydrogen (secondary N) is 1. The van der Waals surface area contributed by atoms with Gasteiger partial charge >= 0.3 is 0 Å². The van der Waals surface area contributed by atoms with Crippen LogP contribution >= 0.6 is 11.6 Å². The molecule has 1 aromatic carbocycles. The van der Waals surface area contributed by atoms with E-state index in [9.17, 15) is 0 Å². The summed E-state index contributed by atoms with van der Waals surface area (Å²) in [5.74, 6) is 2.69. The Morgan fingerprint density at radius 2 is 2.25 bits per heavy atom. The molecule has 1 aliphatic rings. The van der Waals surface area contributed by atoms with E-state index in [1.165, 1.54) is 11.1 Å². The van der Waals surface area contributed by atoms with Crippen molar-refractivity contribution in [3.8, 4) is 12.3 Å². The Morgan fingerprint density at radius 3 is 3.00 bits per heavy atom. The number of terminal acetylenes is 1. The molecule has 1 nitrogen and oxygen atoms in total. The minimum absolute atomic E-state index is 0.389. The van der Waals surface area contributed by atoms with Gasteiger partial charge in [0.15, 0.2) is 0 Å². The Morgan fingerprint density at radius 1 is 1.50 bits per heavy atom. The van der Waals surface area contributed by atoms with Crippen LogP contribution in [0, 0.1) is 12.3 Å². The SMILES string of the molecule is C#CCC(C)NC1Cc2ccc(Cl)cc2C1. The second kappa shape index (κ2) is 4.91. The Bertz CT molecular complexity index is 419. The van der Waals surface area contributed by atoms with Crippen LogP contribution in [0.5, 0.6) is 0 Å². The zero-order valence-electron chi connectivity index (χ0n) is 9.46. The molecular formula is C14H16ClN. The van der Waals surface area contributed by atoms with Crippen molar-refractivity contribution < 1.29 is 0 Å². The lowest BCUT2D eigenvalue weighted by Gasteiger charge is -2.16. The molecule has 84 valence electrons. The highest BCUT2D eigenvalue weighted by Gasteiger charge is 2.22. The molecule has 1 N–H and O–H groups in total. The number of hydrogen-bond donors (Lipinski definition) is 1. The first kappa shape index (κ1) is 11.5. The Hall–Kier alpha value is -0.970. The standard InChI is InChI=1S/C14H16ClN/c1-3-4-10(2)16-14-8-11-5-6-13(15)7-12(11)9-14/h1,5-7,10,14,16H,4,8-9H2,2H3. The van der Waals surface area contributed by atoms with Gasteiger partial charge in [-0.1, -0.05) is 17.7 Å². The summed E-state index contributed by atoms with van der Waals surface area (Å²) in [5, 5.41) is 4.39. The van der Waals surface area contributed by atoms with E-state index in [0.29, 0.717) is 12.1 Å². The summed E-state index contributed by atoms with van der Waals surface area (Å²) in [6.07, 6.45) is 8.23. The summed E-state index contributed by atoms with van der Waals surface area (Å²) >= 11 is 5.98. The normalized spacial score (nSPS) is 20.2. The van der Waals surface area contributed by atoms with E-state index in [2.05, 4.69) is 30.3 Å². The quantitative estimate of drug-likeness (QED) is 0.792. The minimum Gasteiger partial charge on any atom is -0.310 e. The molecule has 2 atom stereocenters.